The first-order chi connectivity index (χ1) is 13.0. The molecule has 5 nitrogen and oxygen atoms in total. The highest BCUT2D eigenvalue weighted by molar-refractivity contribution is 7.89. The lowest BCUT2D eigenvalue weighted by atomic mass is 10.1. The number of halogens is 4. The van der Waals surface area contributed by atoms with Gasteiger partial charge in [-0.05, 0) is 54.0 Å². The maximum Gasteiger partial charge on any atom is 0.416 e. The molecule has 3 N–H and O–H groups in total. The van der Waals surface area contributed by atoms with E-state index in [2.05, 4.69) is 5.32 Å². The van der Waals surface area contributed by atoms with Crippen molar-refractivity contribution in [2.45, 2.75) is 17.5 Å². The Balaban J connectivity index is 1.92. The number of sulfonamides is 1. The van der Waals surface area contributed by atoms with E-state index < -0.39 is 27.7 Å². The predicted octanol–water partition coefficient (Wildman–Crippen LogP) is 3.38. The molecule has 0 aliphatic rings. The third kappa shape index (κ3) is 6.36. The lowest BCUT2D eigenvalue weighted by Crippen LogP contribution is -2.23. The molecule has 150 valence electrons. The molecule has 0 spiro atoms. The van der Waals surface area contributed by atoms with Crippen molar-refractivity contribution in [1.82, 2.24) is 5.32 Å². The summed E-state index contributed by atoms with van der Waals surface area (Å²) in [6.45, 7) is 0.244. The normalized spacial score (nSPS) is 12.3. The Labute approximate surface area is 165 Å². The van der Waals surface area contributed by atoms with Crippen LogP contribution in [0.25, 0.3) is 6.08 Å². The van der Waals surface area contributed by atoms with Crippen LogP contribution < -0.4 is 10.5 Å². The van der Waals surface area contributed by atoms with Crippen molar-refractivity contribution in [2.75, 3.05) is 6.54 Å². The average Bonchev–Trinajstić information content (AvgIpc) is 2.59. The molecular weight excluding hydrogens is 417 g/mol. The van der Waals surface area contributed by atoms with E-state index >= 15 is 0 Å². The molecule has 0 heterocycles. The number of primary sulfonamides is 1. The Morgan fingerprint density at radius 1 is 1.14 bits per heavy atom. The molecule has 2 aromatic rings. The van der Waals surface area contributed by atoms with Gasteiger partial charge in [0, 0.05) is 17.6 Å². The topological polar surface area (TPSA) is 89.3 Å². The lowest BCUT2D eigenvalue weighted by Gasteiger charge is -2.08. The summed E-state index contributed by atoms with van der Waals surface area (Å²) in [5.74, 6) is -0.505. The number of amides is 1. The van der Waals surface area contributed by atoms with Gasteiger partial charge in [0.2, 0.25) is 15.9 Å². The molecule has 0 atom stereocenters. The smallest absolute Gasteiger partial charge is 0.352 e. The molecule has 0 bridgehead atoms. The number of benzene rings is 2. The maximum atomic E-state index is 12.7. The largest absolute Gasteiger partial charge is 0.416 e. The fourth-order valence-corrected chi connectivity index (χ4v) is 2.94. The van der Waals surface area contributed by atoms with Crippen LogP contribution in [0.3, 0.4) is 0 Å². The number of hydrogen-bond acceptors (Lipinski definition) is 3. The molecule has 10 heteroatoms. The monoisotopic (exact) mass is 432 g/mol. The highest BCUT2D eigenvalue weighted by Gasteiger charge is 2.30. The number of alkyl halides is 3. The first-order valence-corrected chi connectivity index (χ1v) is 9.83. The van der Waals surface area contributed by atoms with Gasteiger partial charge in [-0.25, -0.2) is 13.6 Å². The molecule has 0 saturated carbocycles. The standard InChI is InChI=1S/C18H16ClF3N2O3S/c19-16-7-4-14(18(20,21)22)11-13(16)3-8-17(25)24-10-9-12-1-5-15(6-2-12)28(23,26)27/h1-8,11H,9-10H2,(H,24,25)(H2,23,26,27)/b8-3+. The minimum Gasteiger partial charge on any atom is -0.352 e. The van der Waals surface area contributed by atoms with Gasteiger partial charge in [0.15, 0.2) is 0 Å². The summed E-state index contributed by atoms with van der Waals surface area (Å²) in [4.78, 5) is 11.8. The quantitative estimate of drug-likeness (QED) is 0.686. The fraction of sp³-hybridized carbons (Fsp3) is 0.167. The van der Waals surface area contributed by atoms with Crippen molar-refractivity contribution in [2.24, 2.45) is 5.14 Å². The maximum absolute atomic E-state index is 12.7. The molecule has 1 amide bonds. The van der Waals surface area contributed by atoms with Crippen molar-refractivity contribution in [1.29, 1.82) is 0 Å². The molecule has 2 aromatic carbocycles. The van der Waals surface area contributed by atoms with Crippen LogP contribution in [0.2, 0.25) is 5.02 Å². The van der Waals surface area contributed by atoms with Gasteiger partial charge in [-0.3, -0.25) is 4.79 Å². The Morgan fingerprint density at radius 2 is 1.79 bits per heavy atom. The van der Waals surface area contributed by atoms with Crippen LogP contribution in [0, 0.1) is 0 Å². The Kier molecular flexibility index (Phi) is 6.87. The Hall–Kier alpha value is -2.36. The zero-order chi connectivity index (χ0) is 20.9. The molecule has 0 radical (unpaired) electrons. The van der Waals surface area contributed by atoms with E-state index in [9.17, 15) is 26.4 Å². The third-order valence-corrected chi connectivity index (χ3v) is 4.98. The van der Waals surface area contributed by atoms with Crippen LogP contribution in [0.15, 0.2) is 53.4 Å². The summed E-state index contributed by atoms with van der Waals surface area (Å²) in [7, 11) is -3.76. The summed E-state index contributed by atoms with van der Waals surface area (Å²) >= 11 is 5.86. The molecule has 2 rings (SSSR count). The van der Waals surface area contributed by atoms with E-state index in [0.29, 0.717) is 6.42 Å². The molecule has 0 aliphatic heterocycles. The van der Waals surface area contributed by atoms with Crippen molar-refractivity contribution in [3.05, 3.63) is 70.3 Å². The van der Waals surface area contributed by atoms with Gasteiger partial charge in [0.25, 0.3) is 0 Å². The van der Waals surface area contributed by atoms with E-state index in [1.165, 1.54) is 18.2 Å². The molecule has 0 aromatic heterocycles. The van der Waals surface area contributed by atoms with Gasteiger partial charge in [0.05, 0.1) is 10.5 Å². The number of carbonyl (C=O) groups is 1. The van der Waals surface area contributed by atoms with Crippen LogP contribution in [-0.2, 0) is 27.4 Å². The van der Waals surface area contributed by atoms with Crippen molar-refractivity contribution < 1.29 is 26.4 Å². The second-order valence-corrected chi connectivity index (χ2v) is 7.77. The van der Waals surface area contributed by atoms with E-state index in [1.807, 2.05) is 0 Å². The molecule has 0 saturated heterocycles. The van der Waals surface area contributed by atoms with Gasteiger partial charge in [0.1, 0.15) is 0 Å². The van der Waals surface area contributed by atoms with E-state index in [1.54, 1.807) is 12.1 Å². The van der Waals surface area contributed by atoms with Crippen LogP contribution in [-0.4, -0.2) is 20.9 Å². The summed E-state index contributed by atoms with van der Waals surface area (Å²) in [6.07, 6.45) is -1.79. The molecule has 0 unspecified atom stereocenters. The van der Waals surface area contributed by atoms with Crippen LogP contribution in [0.5, 0.6) is 0 Å². The van der Waals surface area contributed by atoms with Gasteiger partial charge < -0.3 is 5.32 Å². The van der Waals surface area contributed by atoms with Gasteiger partial charge in [-0.1, -0.05) is 23.7 Å². The van der Waals surface area contributed by atoms with Gasteiger partial charge in [-0.15, -0.1) is 0 Å². The zero-order valence-electron chi connectivity index (χ0n) is 14.3. The Bertz CT molecular complexity index is 988. The number of hydrogen-bond donors (Lipinski definition) is 2. The molecule has 28 heavy (non-hydrogen) atoms. The minimum atomic E-state index is -4.51. The summed E-state index contributed by atoms with van der Waals surface area (Å²) in [5.41, 5.74) is -0.0114. The van der Waals surface area contributed by atoms with Crippen LogP contribution in [0.4, 0.5) is 13.2 Å². The number of nitrogens with two attached hydrogens (primary N) is 1. The summed E-state index contributed by atoms with van der Waals surface area (Å²) in [5, 5.41) is 7.67. The second-order valence-electron chi connectivity index (χ2n) is 5.80. The molecule has 0 aliphatic carbocycles. The highest BCUT2D eigenvalue weighted by Crippen LogP contribution is 2.32. The van der Waals surface area contributed by atoms with Crippen LogP contribution in [0.1, 0.15) is 16.7 Å². The molecule has 0 fully saturated rings. The second kappa shape index (κ2) is 8.76. The first kappa shape index (κ1) is 21.9. The number of nitrogens with one attached hydrogen (secondary N) is 1. The van der Waals surface area contributed by atoms with Crippen molar-refractivity contribution >= 4 is 33.6 Å². The highest BCUT2D eigenvalue weighted by atomic mass is 35.5. The Morgan fingerprint density at radius 3 is 2.36 bits per heavy atom. The van der Waals surface area contributed by atoms with Crippen molar-refractivity contribution in [3.63, 3.8) is 0 Å². The first-order valence-electron chi connectivity index (χ1n) is 7.91. The zero-order valence-corrected chi connectivity index (χ0v) is 15.9. The van der Waals surface area contributed by atoms with E-state index in [4.69, 9.17) is 16.7 Å². The SMILES string of the molecule is NS(=O)(=O)c1ccc(CCNC(=O)/C=C/c2cc(C(F)(F)F)ccc2Cl)cc1. The van der Waals surface area contributed by atoms with Crippen LogP contribution >= 0.6 is 11.6 Å². The average molecular weight is 433 g/mol. The minimum absolute atomic E-state index is 0.0128. The number of carbonyl (C=O) groups excluding carboxylic acids is 1. The van der Waals surface area contributed by atoms with Gasteiger partial charge in [-0.2, -0.15) is 13.2 Å². The third-order valence-electron chi connectivity index (χ3n) is 3.70. The molecular formula is C18H16ClF3N2O3S. The van der Waals surface area contributed by atoms with Crippen molar-refractivity contribution in [3.8, 4) is 0 Å². The lowest BCUT2D eigenvalue weighted by molar-refractivity contribution is -0.137. The number of rotatable bonds is 6. The fourth-order valence-electron chi connectivity index (χ4n) is 2.25. The van der Waals surface area contributed by atoms with E-state index in [-0.39, 0.29) is 22.0 Å². The van der Waals surface area contributed by atoms with Gasteiger partial charge >= 0.3 is 6.18 Å². The summed E-state index contributed by atoms with van der Waals surface area (Å²) in [6, 6.07) is 8.71. The predicted molar refractivity (Wildman–Crippen MR) is 100 cm³/mol. The van der Waals surface area contributed by atoms with E-state index in [0.717, 1.165) is 29.8 Å². The summed E-state index contributed by atoms with van der Waals surface area (Å²) < 4.78 is 60.5.